The van der Waals surface area contributed by atoms with Crippen LogP contribution in [-0.4, -0.2) is 26.4 Å². The van der Waals surface area contributed by atoms with Gasteiger partial charge in [0.25, 0.3) is 0 Å². The van der Waals surface area contributed by atoms with Gasteiger partial charge in [-0.2, -0.15) is 0 Å². The predicted molar refractivity (Wildman–Crippen MR) is 70.9 cm³/mol. The number of imidazole rings is 1. The Balaban J connectivity index is 1.88. The van der Waals surface area contributed by atoms with Gasteiger partial charge in [-0.15, -0.1) is 11.8 Å². The Kier molecular flexibility index (Phi) is 4.57. The van der Waals surface area contributed by atoms with Crippen molar-refractivity contribution in [1.82, 2.24) is 9.55 Å². The first-order chi connectivity index (χ1) is 9.16. The van der Waals surface area contributed by atoms with E-state index in [-0.39, 0.29) is 11.4 Å². The molecule has 6 heteroatoms. The van der Waals surface area contributed by atoms with Crippen molar-refractivity contribution in [3.05, 3.63) is 48.3 Å². The molecule has 4 nitrogen and oxygen atoms in total. The van der Waals surface area contributed by atoms with Crippen LogP contribution in [-0.2, 0) is 6.54 Å². The molecule has 100 valence electrons. The van der Waals surface area contributed by atoms with Crippen molar-refractivity contribution in [3.63, 3.8) is 0 Å². The number of hydrogen-bond acceptors (Lipinski definition) is 3. The molecule has 2 aromatic rings. The fourth-order valence-corrected chi connectivity index (χ4v) is 2.50. The lowest BCUT2D eigenvalue weighted by atomic mass is 10.2. The largest absolute Gasteiger partial charge is 0.478 e. The molecule has 1 heterocycles. The van der Waals surface area contributed by atoms with E-state index in [9.17, 15) is 9.18 Å². The maximum absolute atomic E-state index is 13.5. The lowest BCUT2D eigenvalue weighted by molar-refractivity contribution is 0.0696. The summed E-state index contributed by atoms with van der Waals surface area (Å²) in [5.74, 6) is -0.698. The summed E-state index contributed by atoms with van der Waals surface area (Å²) in [6, 6.07) is 3.84. The van der Waals surface area contributed by atoms with E-state index in [4.69, 9.17) is 5.11 Å². The average Bonchev–Trinajstić information content (AvgIpc) is 2.89. The molecular weight excluding hydrogens is 267 g/mol. The van der Waals surface area contributed by atoms with Crippen LogP contribution in [0.3, 0.4) is 0 Å². The second-order valence-electron chi connectivity index (χ2n) is 3.95. The van der Waals surface area contributed by atoms with Crippen molar-refractivity contribution in [2.75, 3.05) is 5.75 Å². The fourth-order valence-electron chi connectivity index (χ4n) is 1.60. The minimum absolute atomic E-state index is 0.110. The van der Waals surface area contributed by atoms with Gasteiger partial charge in [0.05, 0.1) is 11.9 Å². The number of aromatic nitrogens is 2. The summed E-state index contributed by atoms with van der Waals surface area (Å²) in [5.41, 5.74) is 0.110. The first-order valence-electron chi connectivity index (χ1n) is 5.78. The van der Waals surface area contributed by atoms with Crippen LogP contribution in [0.25, 0.3) is 0 Å². The molecule has 0 unspecified atom stereocenters. The van der Waals surface area contributed by atoms with Crippen LogP contribution in [0.15, 0.2) is 41.8 Å². The Bertz CT molecular complexity index is 558. The molecule has 0 fully saturated rings. The quantitative estimate of drug-likeness (QED) is 0.653. The first kappa shape index (κ1) is 13.6. The molecule has 0 atom stereocenters. The number of benzene rings is 1. The van der Waals surface area contributed by atoms with Gasteiger partial charge in [-0.05, 0) is 30.4 Å². The van der Waals surface area contributed by atoms with E-state index in [0.717, 1.165) is 18.7 Å². The number of nitrogens with zero attached hydrogens (tertiary/aromatic N) is 2. The number of carbonyl (C=O) groups is 1. The third-order valence-electron chi connectivity index (χ3n) is 2.56. The van der Waals surface area contributed by atoms with Crippen molar-refractivity contribution in [2.45, 2.75) is 17.9 Å². The van der Waals surface area contributed by atoms with E-state index in [1.807, 2.05) is 10.8 Å². The van der Waals surface area contributed by atoms with E-state index < -0.39 is 5.97 Å². The average molecular weight is 280 g/mol. The fraction of sp³-hybridized carbons (Fsp3) is 0.231. The van der Waals surface area contributed by atoms with Gasteiger partial charge in [0.1, 0.15) is 5.82 Å². The van der Waals surface area contributed by atoms with E-state index >= 15 is 0 Å². The Morgan fingerprint density at radius 3 is 3.00 bits per heavy atom. The Hall–Kier alpha value is -1.82. The Morgan fingerprint density at radius 2 is 2.32 bits per heavy atom. The van der Waals surface area contributed by atoms with Crippen LogP contribution in [0.4, 0.5) is 4.39 Å². The molecule has 0 spiro atoms. The summed E-state index contributed by atoms with van der Waals surface area (Å²) in [6.45, 7) is 0.813. The smallest absolute Gasteiger partial charge is 0.335 e. The van der Waals surface area contributed by atoms with Gasteiger partial charge in [0.15, 0.2) is 0 Å². The second-order valence-corrected chi connectivity index (χ2v) is 5.09. The number of hydrogen-bond donors (Lipinski definition) is 1. The van der Waals surface area contributed by atoms with Crippen LogP contribution in [0, 0.1) is 5.82 Å². The lowest BCUT2D eigenvalue weighted by Crippen LogP contribution is -1.98. The van der Waals surface area contributed by atoms with Gasteiger partial charge in [-0.3, -0.25) is 0 Å². The molecule has 0 radical (unpaired) electrons. The van der Waals surface area contributed by atoms with Gasteiger partial charge in [0.2, 0.25) is 0 Å². The van der Waals surface area contributed by atoms with Crippen LogP contribution in [0.5, 0.6) is 0 Å². The lowest BCUT2D eigenvalue weighted by Gasteiger charge is -2.05. The topological polar surface area (TPSA) is 55.1 Å². The minimum atomic E-state index is -1.04. The zero-order valence-electron chi connectivity index (χ0n) is 10.1. The van der Waals surface area contributed by atoms with Crippen LogP contribution in [0.1, 0.15) is 16.8 Å². The summed E-state index contributed by atoms with van der Waals surface area (Å²) in [7, 11) is 0. The predicted octanol–water partition coefficient (Wildman–Crippen LogP) is 2.90. The Labute approximate surface area is 114 Å². The molecule has 0 saturated heterocycles. The molecule has 19 heavy (non-hydrogen) atoms. The highest BCUT2D eigenvalue weighted by molar-refractivity contribution is 7.99. The first-order valence-corrected chi connectivity index (χ1v) is 6.77. The van der Waals surface area contributed by atoms with E-state index in [1.54, 1.807) is 12.5 Å². The maximum Gasteiger partial charge on any atom is 0.335 e. The summed E-state index contributed by atoms with van der Waals surface area (Å²) in [5, 5.41) is 8.85. The standard InChI is InChI=1S/C13H13FN2O2S/c14-11-3-2-10(13(17)18)8-12(11)19-7-1-5-16-6-4-15-9-16/h2-4,6,8-9H,1,5,7H2,(H,17,18). The van der Waals surface area contributed by atoms with Crippen LogP contribution >= 0.6 is 11.8 Å². The van der Waals surface area contributed by atoms with E-state index in [2.05, 4.69) is 4.98 Å². The monoisotopic (exact) mass is 280 g/mol. The molecule has 1 aromatic heterocycles. The van der Waals surface area contributed by atoms with Gasteiger partial charge in [-0.25, -0.2) is 14.2 Å². The number of aromatic carboxylic acids is 1. The summed E-state index contributed by atoms with van der Waals surface area (Å²) in [6.07, 6.45) is 6.17. The summed E-state index contributed by atoms with van der Waals surface area (Å²) >= 11 is 1.33. The van der Waals surface area contributed by atoms with Gasteiger partial charge in [0, 0.05) is 23.8 Å². The number of rotatable bonds is 6. The minimum Gasteiger partial charge on any atom is -0.478 e. The third-order valence-corrected chi connectivity index (χ3v) is 3.67. The summed E-state index contributed by atoms with van der Waals surface area (Å²) < 4.78 is 15.5. The molecular formula is C13H13FN2O2S. The molecule has 0 amide bonds. The van der Waals surface area contributed by atoms with Crippen molar-refractivity contribution >= 4 is 17.7 Å². The van der Waals surface area contributed by atoms with Crippen LogP contribution in [0.2, 0.25) is 0 Å². The maximum atomic E-state index is 13.5. The number of carboxylic acids is 1. The molecule has 0 aliphatic heterocycles. The van der Waals surface area contributed by atoms with Crippen molar-refractivity contribution in [2.24, 2.45) is 0 Å². The van der Waals surface area contributed by atoms with Crippen molar-refractivity contribution < 1.29 is 14.3 Å². The number of carboxylic acid groups (broad SMARTS) is 1. The Morgan fingerprint density at radius 1 is 1.47 bits per heavy atom. The van der Waals surface area contributed by atoms with Gasteiger partial charge in [-0.1, -0.05) is 0 Å². The molecule has 1 aromatic carbocycles. The van der Waals surface area contributed by atoms with Crippen molar-refractivity contribution in [1.29, 1.82) is 0 Å². The highest BCUT2D eigenvalue weighted by Crippen LogP contribution is 2.24. The highest BCUT2D eigenvalue weighted by Gasteiger charge is 2.08. The van der Waals surface area contributed by atoms with E-state index in [0.29, 0.717) is 4.90 Å². The van der Waals surface area contributed by atoms with Crippen LogP contribution < -0.4 is 0 Å². The third kappa shape index (κ3) is 3.82. The molecule has 1 N–H and O–H groups in total. The SMILES string of the molecule is O=C(O)c1ccc(F)c(SCCCn2ccnc2)c1. The molecule has 2 rings (SSSR count). The number of thioether (sulfide) groups is 1. The zero-order chi connectivity index (χ0) is 13.7. The van der Waals surface area contributed by atoms with E-state index in [1.165, 1.54) is 30.0 Å². The van der Waals surface area contributed by atoms with Gasteiger partial charge < -0.3 is 9.67 Å². The second kappa shape index (κ2) is 6.38. The highest BCUT2D eigenvalue weighted by atomic mass is 32.2. The molecule has 0 bridgehead atoms. The molecule has 0 saturated carbocycles. The molecule has 0 aliphatic carbocycles. The van der Waals surface area contributed by atoms with Gasteiger partial charge >= 0.3 is 5.97 Å². The molecule has 0 aliphatic rings. The number of halogens is 1. The summed E-state index contributed by atoms with van der Waals surface area (Å²) in [4.78, 5) is 15.1. The zero-order valence-corrected chi connectivity index (χ0v) is 10.9. The number of aryl methyl sites for hydroxylation is 1. The van der Waals surface area contributed by atoms with Crippen molar-refractivity contribution in [3.8, 4) is 0 Å². The normalized spacial score (nSPS) is 10.6.